The zero-order valence-electron chi connectivity index (χ0n) is 7.07. The molecule has 0 atom stereocenters. The Balaban J connectivity index is 2.79. The predicted octanol–water partition coefficient (Wildman–Crippen LogP) is 2.20. The van der Waals surface area contributed by atoms with Crippen LogP contribution in [0.1, 0.15) is 0 Å². The molecule has 0 amide bonds. The number of hydrogen-bond acceptors (Lipinski definition) is 4. The summed E-state index contributed by atoms with van der Waals surface area (Å²) in [5.41, 5.74) is 6.29. The summed E-state index contributed by atoms with van der Waals surface area (Å²) in [6.45, 7) is 0. The number of thiophene rings is 1. The maximum Gasteiger partial charge on any atom is 0.136 e. The molecule has 0 saturated carbocycles. The van der Waals surface area contributed by atoms with E-state index in [1.165, 1.54) is 11.3 Å². The van der Waals surface area contributed by atoms with Gasteiger partial charge in [-0.15, -0.1) is 11.3 Å². The zero-order chi connectivity index (χ0) is 9.42. The number of nitrogen functional groups attached to an aromatic ring is 1. The molecule has 0 saturated heterocycles. The van der Waals surface area contributed by atoms with Crippen LogP contribution in [0.3, 0.4) is 0 Å². The average Bonchev–Trinajstić information content (AvgIpc) is 2.48. The molecular weight excluding hydrogens is 186 g/mol. The molecule has 4 heteroatoms. The molecule has 3 N–H and O–H groups in total. The van der Waals surface area contributed by atoms with Crippen LogP contribution in [0, 0.1) is 0 Å². The van der Waals surface area contributed by atoms with Gasteiger partial charge in [-0.1, -0.05) is 0 Å². The van der Waals surface area contributed by atoms with Crippen molar-refractivity contribution < 1.29 is 9.84 Å². The molecule has 3 nitrogen and oxygen atoms in total. The molecule has 13 heavy (non-hydrogen) atoms. The smallest absolute Gasteiger partial charge is 0.136 e. The Kier molecular flexibility index (Phi) is 1.77. The Morgan fingerprint density at radius 1 is 1.46 bits per heavy atom. The lowest BCUT2D eigenvalue weighted by atomic mass is 10.2. The summed E-state index contributed by atoms with van der Waals surface area (Å²) in [4.78, 5) is 0. The third kappa shape index (κ3) is 1.19. The lowest BCUT2D eigenvalue weighted by Gasteiger charge is -2.02. The summed E-state index contributed by atoms with van der Waals surface area (Å²) in [6.07, 6.45) is 0. The molecule has 1 aromatic carbocycles. The highest BCUT2D eigenvalue weighted by Crippen LogP contribution is 2.38. The third-order valence-electron chi connectivity index (χ3n) is 1.90. The van der Waals surface area contributed by atoms with E-state index in [4.69, 9.17) is 10.5 Å². The Morgan fingerprint density at radius 2 is 2.23 bits per heavy atom. The first kappa shape index (κ1) is 8.19. The van der Waals surface area contributed by atoms with Crippen LogP contribution < -0.4 is 10.5 Å². The number of anilines is 1. The van der Waals surface area contributed by atoms with Crippen molar-refractivity contribution in [3.8, 4) is 11.5 Å². The molecule has 0 aliphatic heterocycles. The lowest BCUT2D eigenvalue weighted by Crippen LogP contribution is -1.88. The third-order valence-corrected chi connectivity index (χ3v) is 2.81. The highest BCUT2D eigenvalue weighted by atomic mass is 32.1. The SMILES string of the molecule is COc1cc(N)c2c(O)csc2c1. The molecule has 2 aromatic rings. The number of aromatic hydroxyl groups is 1. The minimum Gasteiger partial charge on any atom is -0.506 e. The number of fused-ring (bicyclic) bond motifs is 1. The van der Waals surface area contributed by atoms with E-state index in [1.807, 2.05) is 6.07 Å². The molecule has 68 valence electrons. The number of methoxy groups -OCH3 is 1. The van der Waals surface area contributed by atoms with Gasteiger partial charge in [-0.3, -0.25) is 0 Å². The first-order valence-electron chi connectivity index (χ1n) is 3.76. The van der Waals surface area contributed by atoms with Crippen LogP contribution in [-0.4, -0.2) is 12.2 Å². The van der Waals surface area contributed by atoms with Crippen LogP contribution in [0.4, 0.5) is 5.69 Å². The largest absolute Gasteiger partial charge is 0.506 e. The molecule has 0 spiro atoms. The van der Waals surface area contributed by atoms with Gasteiger partial charge in [0.1, 0.15) is 11.5 Å². The normalized spacial score (nSPS) is 10.5. The van der Waals surface area contributed by atoms with E-state index < -0.39 is 0 Å². The maximum absolute atomic E-state index is 9.45. The van der Waals surface area contributed by atoms with Crippen molar-refractivity contribution in [3.05, 3.63) is 17.5 Å². The van der Waals surface area contributed by atoms with E-state index in [0.29, 0.717) is 16.8 Å². The molecule has 0 unspecified atom stereocenters. The molecule has 1 aromatic heterocycles. The van der Waals surface area contributed by atoms with Gasteiger partial charge >= 0.3 is 0 Å². The van der Waals surface area contributed by atoms with Crippen molar-refractivity contribution in [2.45, 2.75) is 0 Å². The first-order valence-corrected chi connectivity index (χ1v) is 4.64. The molecule has 0 radical (unpaired) electrons. The van der Waals surface area contributed by atoms with E-state index in [1.54, 1.807) is 18.6 Å². The van der Waals surface area contributed by atoms with Gasteiger partial charge < -0.3 is 15.6 Å². The zero-order valence-corrected chi connectivity index (χ0v) is 7.89. The Bertz CT molecular complexity index is 450. The van der Waals surface area contributed by atoms with Gasteiger partial charge in [0.15, 0.2) is 0 Å². The Hall–Kier alpha value is -1.42. The van der Waals surface area contributed by atoms with Crippen LogP contribution in [0.2, 0.25) is 0 Å². The summed E-state index contributed by atoms with van der Waals surface area (Å²) in [5, 5.41) is 11.8. The molecule has 0 fully saturated rings. The summed E-state index contributed by atoms with van der Waals surface area (Å²) < 4.78 is 6.00. The fraction of sp³-hybridized carbons (Fsp3) is 0.111. The summed E-state index contributed by atoms with van der Waals surface area (Å²) in [6, 6.07) is 3.56. The van der Waals surface area contributed by atoms with Crippen LogP contribution in [0.25, 0.3) is 10.1 Å². The van der Waals surface area contributed by atoms with Gasteiger partial charge in [-0.05, 0) is 6.07 Å². The molecule has 0 bridgehead atoms. The number of nitrogens with two attached hydrogens (primary N) is 1. The summed E-state index contributed by atoms with van der Waals surface area (Å²) >= 11 is 1.45. The molecule has 0 aliphatic carbocycles. The van der Waals surface area contributed by atoms with E-state index in [0.717, 1.165) is 4.70 Å². The lowest BCUT2D eigenvalue weighted by molar-refractivity contribution is 0.415. The number of hydrogen-bond donors (Lipinski definition) is 2. The molecule has 1 heterocycles. The van der Waals surface area contributed by atoms with Crippen molar-refractivity contribution in [1.82, 2.24) is 0 Å². The van der Waals surface area contributed by atoms with Gasteiger partial charge in [-0.25, -0.2) is 0 Å². The predicted molar refractivity (Wildman–Crippen MR) is 54.5 cm³/mol. The van der Waals surface area contributed by atoms with Crippen molar-refractivity contribution >= 4 is 27.1 Å². The molecular formula is C9H9NO2S. The second-order valence-electron chi connectivity index (χ2n) is 2.71. The first-order chi connectivity index (χ1) is 6.22. The van der Waals surface area contributed by atoms with E-state index >= 15 is 0 Å². The monoisotopic (exact) mass is 195 g/mol. The quantitative estimate of drug-likeness (QED) is 0.686. The van der Waals surface area contributed by atoms with E-state index in [2.05, 4.69) is 0 Å². The summed E-state index contributed by atoms with van der Waals surface area (Å²) in [7, 11) is 1.59. The second kappa shape index (κ2) is 2.81. The Morgan fingerprint density at radius 3 is 2.92 bits per heavy atom. The highest BCUT2D eigenvalue weighted by Gasteiger charge is 2.07. The van der Waals surface area contributed by atoms with Gasteiger partial charge in [0.25, 0.3) is 0 Å². The van der Waals surface area contributed by atoms with Gasteiger partial charge in [0.05, 0.1) is 12.5 Å². The van der Waals surface area contributed by atoms with Crippen LogP contribution in [0.5, 0.6) is 11.5 Å². The van der Waals surface area contributed by atoms with E-state index in [-0.39, 0.29) is 5.75 Å². The fourth-order valence-corrected chi connectivity index (χ4v) is 2.15. The topological polar surface area (TPSA) is 55.5 Å². The van der Waals surface area contributed by atoms with Crippen molar-refractivity contribution in [3.63, 3.8) is 0 Å². The number of rotatable bonds is 1. The van der Waals surface area contributed by atoms with Crippen LogP contribution in [0.15, 0.2) is 17.5 Å². The fourth-order valence-electron chi connectivity index (χ4n) is 1.27. The van der Waals surface area contributed by atoms with Gasteiger partial charge in [-0.2, -0.15) is 0 Å². The van der Waals surface area contributed by atoms with Crippen LogP contribution >= 0.6 is 11.3 Å². The van der Waals surface area contributed by atoms with E-state index in [9.17, 15) is 5.11 Å². The molecule has 0 aliphatic rings. The second-order valence-corrected chi connectivity index (χ2v) is 3.62. The van der Waals surface area contributed by atoms with Gasteiger partial charge in [0, 0.05) is 21.8 Å². The standard InChI is InChI=1S/C9H9NO2S/c1-12-5-2-6(10)9-7(11)4-13-8(9)3-5/h2-4,11H,10H2,1H3. The Labute approximate surface area is 79.4 Å². The number of benzene rings is 1. The number of ether oxygens (including phenoxy) is 1. The minimum atomic E-state index is 0.236. The molecule has 2 rings (SSSR count). The van der Waals surface area contributed by atoms with Crippen molar-refractivity contribution in [1.29, 1.82) is 0 Å². The van der Waals surface area contributed by atoms with Gasteiger partial charge in [0.2, 0.25) is 0 Å². The van der Waals surface area contributed by atoms with Crippen molar-refractivity contribution in [2.24, 2.45) is 0 Å². The van der Waals surface area contributed by atoms with Crippen molar-refractivity contribution in [2.75, 3.05) is 12.8 Å². The summed E-state index contributed by atoms with van der Waals surface area (Å²) in [5.74, 6) is 0.951. The van der Waals surface area contributed by atoms with Crippen LogP contribution in [-0.2, 0) is 0 Å². The maximum atomic E-state index is 9.45. The average molecular weight is 195 g/mol. The minimum absolute atomic E-state index is 0.236. The highest BCUT2D eigenvalue weighted by molar-refractivity contribution is 7.17.